The monoisotopic (exact) mass is 189 g/mol. The lowest BCUT2D eigenvalue weighted by Gasteiger charge is -2.40. The molecule has 0 saturated heterocycles. The standard InChI is InChI=1S/C12H15NO/c1-2-5-11-10(4-1)13-8-12(9-14-11)6-3-7-12/h1-2,4-5,13H,3,6-9H2. The first-order valence-electron chi connectivity index (χ1n) is 5.34. The third-order valence-electron chi connectivity index (χ3n) is 3.49. The maximum absolute atomic E-state index is 5.84. The molecule has 74 valence electrons. The largest absolute Gasteiger partial charge is 0.491 e. The van der Waals surface area contributed by atoms with Crippen molar-refractivity contribution in [2.45, 2.75) is 19.3 Å². The number of fused-ring (bicyclic) bond motifs is 1. The Morgan fingerprint density at radius 1 is 1.21 bits per heavy atom. The van der Waals surface area contributed by atoms with Crippen molar-refractivity contribution in [1.82, 2.24) is 0 Å². The van der Waals surface area contributed by atoms with Gasteiger partial charge in [0.2, 0.25) is 0 Å². The topological polar surface area (TPSA) is 21.3 Å². The quantitative estimate of drug-likeness (QED) is 0.677. The molecule has 3 rings (SSSR count). The molecule has 1 N–H and O–H groups in total. The average Bonchev–Trinajstić information content (AvgIpc) is 2.36. The number of anilines is 1. The van der Waals surface area contributed by atoms with Gasteiger partial charge in [-0.2, -0.15) is 0 Å². The highest BCUT2D eigenvalue weighted by Gasteiger charge is 2.39. The van der Waals surface area contributed by atoms with Gasteiger partial charge < -0.3 is 10.1 Å². The van der Waals surface area contributed by atoms with Gasteiger partial charge in [-0.25, -0.2) is 0 Å². The van der Waals surface area contributed by atoms with Gasteiger partial charge in [0.1, 0.15) is 5.75 Å². The molecule has 0 unspecified atom stereocenters. The molecule has 1 saturated carbocycles. The first-order chi connectivity index (χ1) is 6.88. The highest BCUT2D eigenvalue weighted by Crippen LogP contribution is 2.44. The van der Waals surface area contributed by atoms with Crippen LogP contribution < -0.4 is 10.1 Å². The zero-order valence-corrected chi connectivity index (χ0v) is 8.25. The fourth-order valence-corrected chi connectivity index (χ4v) is 2.30. The highest BCUT2D eigenvalue weighted by atomic mass is 16.5. The van der Waals surface area contributed by atoms with Crippen molar-refractivity contribution in [2.75, 3.05) is 18.5 Å². The van der Waals surface area contributed by atoms with Crippen molar-refractivity contribution in [3.63, 3.8) is 0 Å². The Morgan fingerprint density at radius 2 is 2.07 bits per heavy atom. The summed E-state index contributed by atoms with van der Waals surface area (Å²) in [4.78, 5) is 0. The fraction of sp³-hybridized carbons (Fsp3) is 0.500. The van der Waals surface area contributed by atoms with Crippen LogP contribution in [0.15, 0.2) is 24.3 Å². The number of benzene rings is 1. The maximum atomic E-state index is 5.84. The average molecular weight is 189 g/mol. The molecule has 0 radical (unpaired) electrons. The van der Waals surface area contributed by atoms with Crippen LogP contribution in [0.3, 0.4) is 0 Å². The molecule has 0 amide bonds. The molecule has 1 heterocycles. The van der Waals surface area contributed by atoms with E-state index < -0.39 is 0 Å². The molecule has 1 aromatic carbocycles. The van der Waals surface area contributed by atoms with E-state index in [1.807, 2.05) is 18.2 Å². The van der Waals surface area contributed by atoms with Crippen molar-refractivity contribution in [3.8, 4) is 5.75 Å². The van der Waals surface area contributed by atoms with Crippen molar-refractivity contribution >= 4 is 5.69 Å². The molecular formula is C12H15NO. The second kappa shape index (κ2) is 2.91. The molecule has 1 aromatic rings. The Labute approximate surface area is 84.3 Å². The van der Waals surface area contributed by atoms with Gasteiger partial charge in [0.05, 0.1) is 12.3 Å². The molecule has 1 spiro atoms. The molecule has 0 aromatic heterocycles. The van der Waals surface area contributed by atoms with E-state index in [4.69, 9.17) is 4.74 Å². The van der Waals surface area contributed by atoms with Crippen LogP contribution in [0.5, 0.6) is 5.75 Å². The summed E-state index contributed by atoms with van der Waals surface area (Å²) in [7, 11) is 0. The van der Waals surface area contributed by atoms with E-state index in [2.05, 4.69) is 11.4 Å². The van der Waals surface area contributed by atoms with Gasteiger partial charge in [0, 0.05) is 12.0 Å². The Bertz CT molecular complexity index is 315. The van der Waals surface area contributed by atoms with Crippen LogP contribution in [-0.4, -0.2) is 13.2 Å². The van der Waals surface area contributed by atoms with Crippen LogP contribution in [0.1, 0.15) is 19.3 Å². The predicted octanol–water partition coefficient (Wildman–Crippen LogP) is 2.66. The molecule has 2 aliphatic rings. The van der Waals surface area contributed by atoms with Crippen LogP contribution in [0.2, 0.25) is 0 Å². The lowest BCUT2D eigenvalue weighted by molar-refractivity contribution is 0.0766. The zero-order chi connectivity index (χ0) is 9.43. The maximum Gasteiger partial charge on any atom is 0.142 e. The summed E-state index contributed by atoms with van der Waals surface area (Å²) in [5, 5.41) is 3.49. The smallest absolute Gasteiger partial charge is 0.142 e. The van der Waals surface area contributed by atoms with Gasteiger partial charge in [-0.1, -0.05) is 18.6 Å². The number of ether oxygens (including phenoxy) is 1. The van der Waals surface area contributed by atoms with Crippen LogP contribution >= 0.6 is 0 Å². The summed E-state index contributed by atoms with van der Waals surface area (Å²) in [6.45, 7) is 1.96. The van der Waals surface area contributed by atoms with E-state index >= 15 is 0 Å². The summed E-state index contributed by atoms with van der Waals surface area (Å²) in [6.07, 6.45) is 3.99. The lowest BCUT2D eigenvalue weighted by atomic mass is 9.69. The number of nitrogens with one attached hydrogen (secondary N) is 1. The molecule has 2 heteroatoms. The summed E-state index contributed by atoms with van der Waals surface area (Å²) >= 11 is 0. The van der Waals surface area contributed by atoms with Crippen LogP contribution in [-0.2, 0) is 0 Å². The fourth-order valence-electron chi connectivity index (χ4n) is 2.30. The van der Waals surface area contributed by atoms with E-state index in [0.717, 1.165) is 24.6 Å². The van der Waals surface area contributed by atoms with Crippen LogP contribution in [0.4, 0.5) is 5.69 Å². The normalized spacial score (nSPS) is 22.6. The minimum atomic E-state index is 0.430. The van der Waals surface area contributed by atoms with Gasteiger partial charge in [-0.15, -0.1) is 0 Å². The van der Waals surface area contributed by atoms with Gasteiger partial charge in [0.15, 0.2) is 0 Å². The van der Waals surface area contributed by atoms with E-state index in [9.17, 15) is 0 Å². The van der Waals surface area contributed by atoms with Crippen molar-refractivity contribution < 1.29 is 4.74 Å². The molecule has 1 aliphatic heterocycles. The Kier molecular flexibility index (Phi) is 1.69. The molecule has 2 nitrogen and oxygen atoms in total. The number of rotatable bonds is 0. The number of para-hydroxylation sites is 2. The molecular weight excluding hydrogens is 174 g/mol. The van der Waals surface area contributed by atoms with E-state index in [-0.39, 0.29) is 0 Å². The first-order valence-corrected chi connectivity index (χ1v) is 5.34. The summed E-state index contributed by atoms with van der Waals surface area (Å²) in [5.41, 5.74) is 1.58. The van der Waals surface area contributed by atoms with Gasteiger partial charge in [0.25, 0.3) is 0 Å². The van der Waals surface area contributed by atoms with Crippen molar-refractivity contribution in [2.24, 2.45) is 5.41 Å². The van der Waals surface area contributed by atoms with Crippen LogP contribution in [0.25, 0.3) is 0 Å². The third-order valence-corrected chi connectivity index (χ3v) is 3.49. The number of hydrogen-bond acceptors (Lipinski definition) is 2. The number of hydrogen-bond donors (Lipinski definition) is 1. The highest BCUT2D eigenvalue weighted by molar-refractivity contribution is 5.57. The molecule has 0 bridgehead atoms. The van der Waals surface area contributed by atoms with Gasteiger partial charge >= 0.3 is 0 Å². The third kappa shape index (κ3) is 1.17. The molecule has 1 fully saturated rings. The minimum absolute atomic E-state index is 0.430. The Morgan fingerprint density at radius 3 is 2.86 bits per heavy atom. The lowest BCUT2D eigenvalue weighted by Crippen LogP contribution is -2.40. The Hall–Kier alpha value is -1.18. The summed E-state index contributed by atoms with van der Waals surface area (Å²) in [5.74, 6) is 1.01. The molecule has 0 atom stereocenters. The molecule has 1 aliphatic carbocycles. The first kappa shape index (κ1) is 8.16. The van der Waals surface area contributed by atoms with Gasteiger partial charge in [-0.3, -0.25) is 0 Å². The second-order valence-electron chi connectivity index (χ2n) is 4.49. The van der Waals surface area contributed by atoms with E-state index in [0.29, 0.717) is 5.41 Å². The SMILES string of the molecule is c1ccc2c(c1)NCC1(CCC1)CO2. The second-order valence-corrected chi connectivity index (χ2v) is 4.49. The van der Waals surface area contributed by atoms with Gasteiger partial charge in [-0.05, 0) is 25.0 Å². The Balaban J connectivity index is 1.86. The van der Waals surface area contributed by atoms with Crippen molar-refractivity contribution in [1.29, 1.82) is 0 Å². The zero-order valence-electron chi connectivity index (χ0n) is 8.25. The predicted molar refractivity (Wildman–Crippen MR) is 56.7 cm³/mol. The van der Waals surface area contributed by atoms with E-state index in [1.165, 1.54) is 19.3 Å². The van der Waals surface area contributed by atoms with Crippen molar-refractivity contribution in [3.05, 3.63) is 24.3 Å². The summed E-state index contributed by atoms with van der Waals surface area (Å²) < 4.78 is 5.84. The minimum Gasteiger partial charge on any atom is -0.491 e. The van der Waals surface area contributed by atoms with Crippen LogP contribution in [0, 0.1) is 5.41 Å². The van der Waals surface area contributed by atoms with E-state index in [1.54, 1.807) is 0 Å². The molecule has 14 heavy (non-hydrogen) atoms. The summed E-state index contributed by atoms with van der Waals surface area (Å²) in [6, 6.07) is 8.21.